The Morgan fingerprint density at radius 3 is 2.49 bits per heavy atom. The second kappa shape index (κ2) is 12.4. The van der Waals surface area contributed by atoms with Gasteiger partial charge in [-0.1, -0.05) is 31.4 Å². The van der Waals surface area contributed by atoms with Gasteiger partial charge in [-0.2, -0.15) is 0 Å². The van der Waals surface area contributed by atoms with Crippen molar-refractivity contribution in [2.24, 2.45) is 5.92 Å². The molecule has 192 valence electrons. The van der Waals surface area contributed by atoms with Gasteiger partial charge in [0, 0.05) is 45.1 Å². The summed E-state index contributed by atoms with van der Waals surface area (Å²) in [6.45, 7) is 5.54. The van der Waals surface area contributed by atoms with Gasteiger partial charge < -0.3 is 15.0 Å². The monoisotopic (exact) mass is 484 g/mol. The molecule has 1 aromatic carbocycles. The lowest BCUT2D eigenvalue weighted by Gasteiger charge is -2.36. The highest BCUT2D eigenvalue weighted by molar-refractivity contribution is 6.03. The van der Waals surface area contributed by atoms with E-state index in [9.17, 15) is 14.4 Å². The average molecular weight is 485 g/mol. The van der Waals surface area contributed by atoms with Crippen LogP contribution < -0.4 is 15.0 Å². The van der Waals surface area contributed by atoms with E-state index in [1.165, 1.54) is 4.90 Å². The smallest absolute Gasteiger partial charge is 0.243 e. The van der Waals surface area contributed by atoms with Crippen molar-refractivity contribution < 1.29 is 19.1 Å². The minimum absolute atomic E-state index is 0.0930. The third-order valence-electron chi connectivity index (χ3n) is 7.70. The van der Waals surface area contributed by atoms with Gasteiger partial charge in [0.1, 0.15) is 11.8 Å². The van der Waals surface area contributed by atoms with Crippen LogP contribution in [0.5, 0.6) is 5.75 Å². The molecule has 3 fully saturated rings. The van der Waals surface area contributed by atoms with Crippen molar-refractivity contribution in [3.63, 3.8) is 0 Å². The van der Waals surface area contributed by atoms with Gasteiger partial charge in [-0.05, 0) is 50.8 Å². The van der Waals surface area contributed by atoms with Crippen LogP contribution in [0.1, 0.15) is 57.8 Å². The highest BCUT2D eigenvalue weighted by Crippen LogP contribution is 2.30. The van der Waals surface area contributed by atoms with Gasteiger partial charge in [0.25, 0.3) is 0 Å². The van der Waals surface area contributed by atoms with Crippen LogP contribution in [-0.2, 0) is 14.4 Å². The first-order valence-electron chi connectivity index (χ1n) is 13.3. The summed E-state index contributed by atoms with van der Waals surface area (Å²) in [6.07, 6.45) is 7.51. The molecular formula is C27H40N4O4. The summed E-state index contributed by atoms with van der Waals surface area (Å²) in [5.41, 5.74) is 1.15. The summed E-state index contributed by atoms with van der Waals surface area (Å²) in [6, 6.07) is 7.53. The van der Waals surface area contributed by atoms with Crippen LogP contribution in [0.15, 0.2) is 24.3 Å². The summed E-state index contributed by atoms with van der Waals surface area (Å²) < 4.78 is 5.50. The molecule has 1 aliphatic carbocycles. The minimum atomic E-state index is -0.625. The van der Waals surface area contributed by atoms with Gasteiger partial charge in [-0.15, -0.1) is 0 Å². The van der Waals surface area contributed by atoms with Crippen LogP contribution >= 0.6 is 0 Å². The van der Waals surface area contributed by atoms with Crippen molar-refractivity contribution in [1.82, 2.24) is 15.1 Å². The molecule has 2 heterocycles. The SMILES string of the molecule is COc1ccccc1N1CCN(CCCCNC(=O)[C@@H]2CCC(=O)N2C(=O)C2CCCCC2)CC1. The Morgan fingerprint density at radius 2 is 1.74 bits per heavy atom. The van der Waals surface area contributed by atoms with Crippen LogP contribution in [0, 0.1) is 5.92 Å². The summed E-state index contributed by atoms with van der Waals surface area (Å²) in [4.78, 5) is 44.2. The number of hydrogen-bond donors (Lipinski definition) is 1. The van der Waals surface area contributed by atoms with E-state index in [1.807, 2.05) is 18.2 Å². The van der Waals surface area contributed by atoms with Crippen molar-refractivity contribution in [2.45, 2.75) is 63.8 Å². The van der Waals surface area contributed by atoms with E-state index >= 15 is 0 Å². The zero-order valence-electron chi connectivity index (χ0n) is 21.0. The topological polar surface area (TPSA) is 82.2 Å². The predicted molar refractivity (Wildman–Crippen MR) is 135 cm³/mol. The number of anilines is 1. The molecule has 0 bridgehead atoms. The van der Waals surface area contributed by atoms with Gasteiger partial charge in [-0.3, -0.25) is 24.2 Å². The maximum Gasteiger partial charge on any atom is 0.243 e. The Bertz CT molecular complexity index is 878. The second-order valence-electron chi connectivity index (χ2n) is 9.99. The van der Waals surface area contributed by atoms with Crippen molar-refractivity contribution in [2.75, 3.05) is 51.3 Å². The molecule has 4 rings (SSSR count). The number of hydrogen-bond acceptors (Lipinski definition) is 6. The number of imide groups is 1. The molecule has 0 radical (unpaired) electrons. The second-order valence-corrected chi connectivity index (χ2v) is 9.99. The number of methoxy groups -OCH3 is 1. The molecule has 8 heteroatoms. The van der Waals surface area contributed by atoms with E-state index in [0.29, 0.717) is 13.0 Å². The Hall–Kier alpha value is -2.61. The molecule has 2 aliphatic heterocycles. The van der Waals surface area contributed by atoms with Gasteiger partial charge in [0.05, 0.1) is 12.8 Å². The Balaban J connectivity index is 1.15. The summed E-state index contributed by atoms with van der Waals surface area (Å²) in [7, 11) is 1.71. The molecule has 0 aromatic heterocycles. The Labute approximate surface area is 209 Å². The van der Waals surface area contributed by atoms with Crippen LogP contribution in [-0.4, -0.2) is 79.9 Å². The van der Waals surface area contributed by atoms with Crippen LogP contribution in [0.2, 0.25) is 0 Å². The molecule has 3 aliphatic rings. The van der Waals surface area contributed by atoms with E-state index in [4.69, 9.17) is 4.74 Å². The van der Waals surface area contributed by atoms with E-state index in [2.05, 4.69) is 21.2 Å². The average Bonchev–Trinajstić information content (AvgIpc) is 3.30. The normalized spacial score (nSPS) is 21.9. The fourth-order valence-electron chi connectivity index (χ4n) is 5.65. The van der Waals surface area contributed by atoms with Gasteiger partial charge in [0.15, 0.2) is 0 Å². The maximum atomic E-state index is 12.9. The van der Waals surface area contributed by atoms with Gasteiger partial charge in [-0.25, -0.2) is 0 Å². The van der Waals surface area contributed by atoms with Crippen molar-refractivity contribution in [3.8, 4) is 5.75 Å². The molecule has 2 saturated heterocycles. The maximum absolute atomic E-state index is 12.9. The predicted octanol–water partition coefficient (Wildman–Crippen LogP) is 2.81. The number of likely N-dealkylation sites (tertiary alicyclic amines) is 1. The molecule has 1 saturated carbocycles. The fourth-order valence-corrected chi connectivity index (χ4v) is 5.65. The largest absolute Gasteiger partial charge is 0.495 e. The number of rotatable bonds is 9. The number of nitrogens with one attached hydrogen (secondary N) is 1. The number of nitrogens with zero attached hydrogens (tertiary/aromatic N) is 3. The Morgan fingerprint density at radius 1 is 1.00 bits per heavy atom. The highest BCUT2D eigenvalue weighted by Gasteiger charge is 2.42. The summed E-state index contributed by atoms with van der Waals surface area (Å²) in [5, 5.41) is 2.99. The summed E-state index contributed by atoms with van der Waals surface area (Å²) >= 11 is 0. The number of benzene rings is 1. The summed E-state index contributed by atoms with van der Waals surface area (Å²) in [5.74, 6) is 0.335. The van der Waals surface area contributed by atoms with Gasteiger partial charge >= 0.3 is 0 Å². The number of carbonyl (C=O) groups excluding carboxylic acids is 3. The van der Waals surface area contributed by atoms with E-state index < -0.39 is 6.04 Å². The highest BCUT2D eigenvalue weighted by atomic mass is 16.5. The molecule has 8 nitrogen and oxygen atoms in total. The standard InChI is InChI=1S/C27H40N4O4/c1-35-24-12-6-5-11-22(24)30-19-17-29(18-20-30)16-8-7-15-28-26(33)23-13-14-25(32)31(23)27(34)21-9-3-2-4-10-21/h5-6,11-12,21,23H,2-4,7-10,13-20H2,1H3,(H,28,33)/t23-/m0/s1. The quantitative estimate of drug-likeness (QED) is 0.429. The number of ether oxygens (including phenoxy) is 1. The molecule has 1 aromatic rings. The molecule has 1 N–H and O–H groups in total. The van der Waals surface area contributed by atoms with Crippen LogP contribution in [0.25, 0.3) is 0 Å². The first-order chi connectivity index (χ1) is 17.1. The Kier molecular flexibility index (Phi) is 9.01. The molecule has 0 unspecified atom stereocenters. The lowest BCUT2D eigenvalue weighted by atomic mass is 9.88. The molecule has 3 amide bonds. The molecular weight excluding hydrogens is 444 g/mol. The van der Waals surface area contributed by atoms with Crippen molar-refractivity contribution in [3.05, 3.63) is 24.3 Å². The van der Waals surface area contributed by atoms with Crippen LogP contribution in [0.3, 0.4) is 0 Å². The number of amides is 3. The van der Waals surface area contributed by atoms with Crippen LogP contribution in [0.4, 0.5) is 5.69 Å². The molecule has 35 heavy (non-hydrogen) atoms. The number of unbranched alkanes of at least 4 members (excludes halogenated alkanes) is 1. The fraction of sp³-hybridized carbons (Fsp3) is 0.667. The van der Waals surface area contributed by atoms with E-state index in [0.717, 1.165) is 89.1 Å². The first-order valence-corrected chi connectivity index (χ1v) is 13.3. The molecule has 1 atom stereocenters. The lowest BCUT2D eigenvalue weighted by molar-refractivity contribution is -0.151. The number of para-hydroxylation sites is 2. The van der Waals surface area contributed by atoms with Gasteiger partial charge in [0.2, 0.25) is 17.7 Å². The van der Waals surface area contributed by atoms with Crippen molar-refractivity contribution in [1.29, 1.82) is 0 Å². The third-order valence-corrected chi connectivity index (χ3v) is 7.70. The first kappa shape index (κ1) is 25.5. The molecule has 0 spiro atoms. The van der Waals surface area contributed by atoms with Crippen molar-refractivity contribution >= 4 is 23.4 Å². The lowest BCUT2D eigenvalue weighted by Crippen LogP contribution is -2.50. The zero-order valence-corrected chi connectivity index (χ0v) is 21.0. The third kappa shape index (κ3) is 6.34. The zero-order chi connectivity index (χ0) is 24.6. The number of piperazine rings is 1. The van der Waals surface area contributed by atoms with E-state index in [-0.39, 0.29) is 30.1 Å². The van der Waals surface area contributed by atoms with E-state index in [1.54, 1.807) is 7.11 Å². The number of carbonyl (C=O) groups is 3. The minimum Gasteiger partial charge on any atom is -0.495 e.